The number of anilines is 2. The first-order valence-electron chi connectivity index (χ1n) is 12.2. The van der Waals surface area contributed by atoms with E-state index in [2.05, 4.69) is 24.5 Å². The summed E-state index contributed by atoms with van der Waals surface area (Å²) < 4.78 is 74.5. The van der Waals surface area contributed by atoms with Crippen LogP contribution in [-0.2, 0) is 25.7 Å². The molecule has 1 atom stereocenters. The second kappa shape index (κ2) is 11.3. The molecule has 0 saturated carbocycles. The lowest BCUT2D eigenvalue weighted by Gasteiger charge is -2.31. The number of nitrogens with zero attached hydrogens (tertiary/aromatic N) is 2. The molecule has 1 unspecified atom stereocenters. The number of halogens is 3. The predicted molar refractivity (Wildman–Crippen MR) is 146 cm³/mol. The summed E-state index contributed by atoms with van der Waals surface area (Å²) in [7, 11) is -2.48. The first-order chi connectivity index (χ1) is 18.4. The fourth-order valence-corrected chi connectivity index (χ4v) is 6.71. The second-order valence-corrected chi connectivity index (χ2v) is 12.0. The molecule has 1 N–H and O–H groups in total. The van der Waals surface area contributed by atoms with Gasteiger partial charge in [0.25, 0.3) is 5.91 Å². The average Bonchev–Trinajstić information content (AvgIpc) is 3.17. The number of sulfonamides is 1. The van der Waals surface area contributed by atoms with Crippen LogP contribution in [-0.4, -0.2) is 57.9 Å². The van der Waals surface area contributed by atoms with Gasteiger partial charge in [0.05, 0.1) is 22.9 Å². The summed E-state index contributed by atoms with van der Waals surface area (Å²) in [5.41, 5.74) is -1.18. The Morgan fingerprint density at radius 3 is 2.74 bits per heavy atom. The van der Waals surface area contributed by atoms with Gasteiger partial charge in [-0.25, -0.2) is 8.42 Å². The van der Waals surface area contributed by atoms with Gasteiger partial charge in [-0.2, -0.15) is 17.5 Å². The minimum absolute atomic E-state index is 0.0834. The van der Waals surface area contributed by atoms with Gasteiger partial charge in [0.15, 0.2) is 0 Å². The molecular weight excluding hydrogens is 555 g/mol. The summed E-state index contributed by atoms with van der Waals surface area (Å²) in [5.74, 6) is -2.06. The third kappa shape index (κ3) is 5.58. The number of ether oxygens (including phenoxy) is 1. The number of hydrogen-bond acceptors (Lipinski definition) is 6. The monoisotopic (exact) mass is 583 g/mol. The fourth-order valence-electron chi connectivity index (χ4n) is 4.97. The molecular formula is C26H28F3N3O5S2. The van der Waals surface area contributed by atoms with E-state index in [9.17, 15) is 31.2 Å². The van der Waals surface area contributed by atoms with Crippen LogP contribution in [0.5, 0.6) is 0 Å². The lowest BCUT2D eigenvalue weighted by molar-refractivity contribution is -0.136. The highest BCUT2D eigenvalue weighted by molar-refractivity contribution is 8.09. The summed E-state index contributed by atoms with van der Waals surface area (Å²) in [6.45, 7) is 3.89. The van der Waals surface area contributed by atoms with Gasteiger partial charge in [0.2, 0.25) is 15.9 Å². The molecule has 2 aromatic carbocycles. The van der Waals surface area contributed by atoms with Gasteiger partial charge in [-0.05, 0) is 37.5 Å². The standard InChI is InChI=1S/C26H28F3N3O5S2/c1-3-7-21(38)39(35,36)31-11-5-8-16(15-31)24(33)30-23-17-9-4-10-18-22(17)20(14-19(23)26(27,28)29)32(25(18)34)12-6-13-37-2/h3-4,7,9-10,14,16,38H,1,5-6,8,11-13,15H2,2H3,(H,30,33)/b21-7+. The van der Waals surface area contributed by atoms with Crippen molar-refractivity contribution in [3.63, 3.8) is 0 Å². The number of alkyl halides is 3. The number of piperidine rings is 1. The van der Waals surface area contributed by atoms with Crippen molar-refractivity contribution in [3.05, 3.63) is 58.4 Å². The zero-order valence-electron chi connectivity index (χ0n) is 21.1. The van der Waals surface area contributed by atoms with Crippen molar-refractivity contribution in [2.24, 2.45) is 5.92 Å². The summed E-state index contributed by atoms with van der Waals surface area (Å²) in [6.07, 6.45) is -1.30. The van der Waals surface area contributed by atoms with Crippen LogP contribution in [0.4, 0.5) is 24.5 Å². The van der Waals surface area contributed by atoms with Crippen LogP contribution in [0.15, 0.2) is 47.2 Å². The molecule has 2 aromatic rings. The Labute approximate surface area is 229 Å². The van der Waals surface area contributed by atoms with E-state index in [1.165, 1.54) is 36.3 Å². The molecule has 1 saturated heterocycles. The Morgan fingerprint density at radius 1 is 1.33 bits per heavy atom. The van der Waals surface area contributed by atoms with Crippen LogP contribution in [0, 0.1) is 5.92 Å². The number of carbonyl (C=O) groups is 2. The highest BCUT2D eigenvalue weighted by Gasteiger charge is 2.41. The van der Waals surface area contributed by atoms with Crippen LogP contribution in [0.1, 0.15) is 35.2 Å². The molecule has 2 aliphatic rings. The number of nitrogens with one attached hydrogen (secondary N) is 1. The molecule has 13 heteroatoms. The maximum Gasteiger partial charge on any atom is 0.418 e. The van der Waals surface area contributed by atoms with Crippen molar-refractivity contribution in [2.75, 3.05) is 43.6 Å². The summed E-state index contributed by atoms with van der Waals surface area (Å²) in [6, 6.07) is 5.34. The number of hydrogen-bond donors (Lipinski definition) is 2. The number of benzene rings is 2. The average molecular weight is 584 g/mol. The highest BCUT2D eigenvalue weighted by Crippen LogP contribution is 2.47. The Bertz CT molecular complexity index is 1460. The topological polar surface area (TPSA) is 96.0 Å². The van der Waals surface area contributed by atoms with Crippen molar-refractivity contribution in [3.8, 4) is 0 Å². The van der Waals surface area contributed by atoms with Crippen LogP contribution in [0.2, 0.25) is 0 Å². The maximum atomic E-state index is 14.3. The molecule has 0 spiro atoms. The van der Waals surface area contributed by atoms with E-state index < -0.39 is 45.2 Å². The third-order valence-electron chi connectivity index (χ3n) is 6.81. The largest absolute Gasteiger partial charge is 0.418 e. The van der Waals surface area contributed by atoms with Gasteiger partial charge in [-0.3, -0.25) is 9.59 Å². The van der Waals surface area contributed by atoms with Crippen molar-refractivity contribution in [2.45, 2.75) is 25.4 Å². The van der Waals surface area contributed by atoms with Gasteiger partial charge in [-0.1, -0.05) is 24.8 Å². The van der Waals surface area contributed by atoms with Crippen LogP contribution >= 0.6 is 12.6 Å². The molecule has 4 rings (SSSR count). The van der Waals surface area contributed by atoms with Gasteiger partial charge >= 0.3 is 6.18 Å². The number of methoxy groups -OCH3 is 1. The number of amides is 2. The number of rotatable bonds is 9. The van der Waals surface area contributed by atoms with E-state index >= 15 is 0 Å². The maximum absolute atomic E-state index is 14.3. The molecule has 2 amide bonds. The summed E-state index contributed by atoms with van der Waals surface area (Å²) in [5, 5.41) is 2.85. The minimum Gasteiger partial charge on any atom is -0.385 e. The number of carbonyl (C=O) groups excluding carboxylic acids is 2. The lowest BCUT2D eigenvalue weighted by Crippen LogP contribution is -2.43. The van der Waals surface area contributed by atoms with E-state index in [0.29, 0.717) is 31.3 Å². The predicted octanol–water partition coefficient (Wildman–Crippen LogP) is 4.79. The Balaban J connectivity index is 1.72. The van der Waals surface area contributed by atoms with Crippen LogP contribution in [0.25, 0.3) is 10.8 Å². The smallest absolute Gasteiger partial charge is 0.385 e. The van der Waals surface area contributed by atoms with Crippen molar-refractivity contribution in [1.82, 2.24) is 4.31 Å². The molecule has 210 valence electrons. The van der Waals surface area contributed by atoms with Crippen molar-refractivity contribution >= 4 is 56.6 Å². The zero-order valence-corrected chi connectivity index (χ0v) is 22.8. The third-order valence-corrected chi connectivity index (χ3v) is 9.33. The van der Waals surface area contributed by atoms with E-state index in [1.807, 2.05) is 0 Å². The molecule has 0 aliphatic carbocycles. The van der Waals surface area contributed by atoms with Gasteiger partial charge in [-0.15, -0.1) is 12.6 Å². The molecule has 39 heavy (non-hydrogen) atoms. The van der Waals surface area contributed by atoms with Gasteiger partial charge in [0, 0.05) is 49.7 Å². The van der Waals surface area contributed by atoms with Crippen LogP contribution in [0.3, 0.4) is 0 Å². The minimum atomic E-state index is -4.84. The fraction of sp³-hybridized carbons (Fsp3) is 0.385. The molecule has 8 nitrogen and oxygen atoms in total. The Morgan fingerprint density at radius 2 is 2.08 bits per heavy atom. The number of allylic oxidation sites excluding steroid dienone is 2. The van der Waals surface area contributed by atoms with Crippen LogP contribution < -0.4 is 10.2 Å². The number of thiol groups is 1. The second-order valence-electron chi connectivity index (χ2n) is 9.28. The zero-order chi connectivity index (χ0) is 28.5. The molecule has 2 aliphatic heterocycles. The van der Waals surface area contributed by atoms with Gasteiger partial charge in [0.1, 0.15) is 4.24 Å². The van der Waals surface area contributed by atoms with E-state index in [-0.39, 0.29) is 40.5 Å². The highest BCUT2D eigenvalue weighted by atomic mass is 32.3. The molecule has 0 bridgehead atoms. The first kappa shape index (κ1) is 29.1. The Hall–Kier alpha value is -2.87. The van der Waals surface area contributed by atoms with Crippen molar-refractivity contribution in [1.29, 1.82) is 0 Å². The summed E-state index contributed by atoms with van der Waals surface area (Å²) in [4.78, 5) is 27.7. The molecule has 2 heterocycles. The van der Waals surface area contributed by atoms with E-state index in [4.69, 9.17) is 4.74 Å². The quantitative estimate of drug-likeness (QED) is 0.251. The van der Waals surface area contributed by atoms with E-state index in [1.54, 1.807) is 6.07 Å². The molecule has 0 aromatic heterocycles. The molecule has 1 fully saturated rings. The lowest BCUT2D eigenvalue weighted by atomic mass is 9.96. The first-order valence-corrected chi connectivity index (χ1v) is 14.1. The Kier molecular flexibility index (Phi) is 8.45. The van der Waals surface area contributed by atoms with E-state index in [0.717, 1.165) is 10.4 Å². The normalized spacial score (nSPS) is 18.6. The van der Waals surface area contributed by atoms with Gasteiger partial charge < -0.3 is 15.0 Å². The van der Waals surface area contributed by atoms with Crippen molar-refractivity contribution < 1.29 is 35.9 Å². The summed E-state index contributed by atoms with van der Waals surface area (Å²) >= 11 is 4.01. The molecule has 0 radical (unpaired) electrons. The SMILES string of the molecule is C=C/C=C(\S)S(=O)(=O)N1CCCC(C(=O)Nc2c(C(F)(F)F)cc3c4c(cccc24)C(=O)N3CCCOC)C1.